The summed E-state index contributed by atoms with van der Waals surface area (Å²) in [5, 5.41) is 10.9. The first kappa shape index (κ1) is 21.0. The lowest BCUT2D eigenvalue weighted by molar-refractivity contribution is 0.0936. The summed E-state index contributed by atoms with van der Waals surface area (Å²) in [4.78, 5) is 13.1. The van der Waals surface area contributed by atoms with Crippen LogP contribution in [0.3, 0.4) is 0 Å². The van der Waals surface area contributed by atoms with Crippen LogP contribution >= 0.6 is 0 Å². The van der Waals surface area contributed by atoms with Crippen LogP contribution in [0.15, 0.2) is 77.2 Å². The lowest BCUT2D eigenvalue weighted by atomic mass is 10.1. The van der Waals surface area contributed by atoms with Gasteiger partial charge in [-0.25, -0.2) is 4.39 Å². The first-order valence-electron chi connectivity index (χ1n) is 9.76. The molecule has 1 atom stereocenters. The van der Waals surface area contributed by atoms with Crippen LogP contribution in [0.2, 0.25) is 0 Å². The van der Waals surface area contributed by atoms with Gasteiger partial charge in [-0.15, -0.1) is 10.2 Å². The zero-order valence-electron chi connectivity index (χ0n) is 17.4. The molecule has 3 aromatic carbocycles. The number of methoxy groups -OCH3 is 2. The lowest BCUT2D eigenvalue weighted by Crippen LogP contribution is -2.30. The highest BCUT2D eigenvalue weighted by molar-refractivity contribution is 5.95. The van der Waals surface area contributed by atoms with E-state index in [9.17, 15) is 9.18 Å². The van der Waals surface area contributed by atoms with E-state index in [1.54, 1.807) is 36.4 Å². The van der Waals surface area contributed by atoms with E-state index in [-0.39, 0.29) is 22.9 Å². The Morgan fingerprint density at radius 3 is 2.25 bits per heavy atom. The van der Waals surface area contributed by atoms with E-state index in [1.165, 1.54) is 20.3 Å². The molecule has 1 aromatic heterocycles. The van der Waals surface area contributed by atoms with Crippen molar-refractivity contribution in [3.05, 3.63) is 95.6 Å². The molecule has 0 fully saturated rings. The van der Waals surface area contributed by atoms with E-state index in [0.717, 1.165) is 0 Å². The number of rotatable bonds is 7. The van der Waals surface area contributed by atoms with Gasteiger partial charge in [-0.1, -0.05) is 36.4 Å². The molecule has 4 aromatic rings. The van der Waals surface area contributed by atoms with E-state index in [1.807, 2.05) is 30.3 Å². The van der Waals surface area contributed by atoms with Crippen molar-refractivity contribution in [2.75, 3.05) is 14.2 Å². The molecule has 0 aliphatic rings. The predicted molar refractivity (Wildman–Crippen MR) is 115 cm³/mol. The minimum Gasteiger partial charge on any atom is -0.497 e. The number of hydrogen-bond acceptors (Lipinski definition) is 6. The molecule has 8 heteroatoms. The monoisotopic (exact) mass is 433 g/mol. The summed E-state index contributed by atoms with van der Waals surface area (Å²) in [5.74, 6) is 0.203. The maximum atomic E-state index is 14.7. The maximum absolute atomic E-state index is 14.7. The van der Waals surface area contributed by atoms with Gasteiger partial charge in [-0.3, -0.25) is 4.79 Å². The van der Waals surface area contributed by atoms with Crippen LogP contribution in [-0.4, -0.2) is 30.3 Å². The van der Waals surface area contributed by atoms with Gasteiger partial charge in [0.05, 0.1) is 14.2 Å². The fraction of sp³-hybridized carbons (Fsp3) is 0.125. The number of benzene rings is 3. The number of carbonyl (C=O) groups excluding carboxylic acids is 1. The molecule has 0 radical (unpaired) electrons. The van der Waals surface area contributed by atoms with Crippen LogP contribution in [0.1, 0.15) is 27.9 Å². The summed E-state index contributed by atoms with van der Waals surface area (Å²) in [5.41, 5.74) is 1.17. The molecule has 4 rings (SSSR count). The second-order valence-corrected chi connectivity index (χ2v) is 6.84. The Bertz CT molecular complexity index is 1200. The summed E-state index contributed by atoms with van der Waals surface area (Å²) in [6.07, 6.45) is 0. The van der Waals surface area contributed by atoms with Crippen LogP contribution in [0.4, 0.5) is 4.39 Å². The average Bonchev–Trinajstić information content (AvgIpc) is 3.33. The van der Waals surface area contributed by atoms with Gasteiger partial charge in [0.15, 0.2) is 0 Å². The SMILES string of the molecule is COc1cc(OC)cc(C(=O)NC(c2nnc(-c3ccccc3)o2)c2ccccc2F)c1. The minimum absolute atomic E-state index is 0.0529. The zero-order chi connectivity index (χ0) is 22.5. The Morgan fingerprint density at radius 1 is 0.938 bits per heavy atom. The van der Waals surface area contributed by atoms with Crippen LogP contribution < -0.4 is 14.8 Å². The van der Waals surface area contributed by atoms with Crippen LogP contribution in [0.25, 0.3) is 11.5 Å². The van der Waals surface area contributed by atoms with Crippen molar-refractivity contribution < 1.29 is 23.1 Å². The van der Waals surface area contributed by atoms with Crippen molar-refractivity contribution >= 4 is 5.91 Å². The summed E-state index contributed by atoms with van der Waals surface area (Å²) in [7, 11) is 2.98. The van der Waals surface area contributed by atoms with E-state index < -0.39 is 17.8 Å². The number of aromatic nitrogens is 2. The highest BCUT2D eigenvalue weighted by atomic mass is 19.1. The molecular formula is C24H20FN3O4. The smallest absolute Gasteiger partial charge is 0.252 e. The molecule has 0 saturated heterocycles. The van der Waals surface area contributed by atoms with Gasteiger partial charge in [0.1, 0.15) is 23.4 Å². The number of nitrogens with zero attached hydrogens (tertiary/aromatic N) is 2. The van der Waals surface area contributed by atoms with Crippen LogP contribution in [-0.2, 0) is 0 Å². The molecular weight excluding hydrogens is 413 g/mol. The number of halogens is 1. The van der Waals surface area contributed by atoms with E-state index in [4.69, 9.17) is 13.9 Å². The van der Waals surface area contributed by atoms with Gasteiger partial charge >= 0.3 is 0 Å². The third-order valence-electron chi connectivity index (χ3n) is 4.81. The highest BCUT2D eigenvalue weighted by Crippen LogP contribution is 2.28. The molecule has 1 unspecified atom stereocenters. The summed E-state index contributed by atoms with van der Waals surface area (Å²) >= 11 is 0. The second-order valence-electron chi connectivity index (χ2n) is 6.84. The number of ether oxygens (including phenoxy) is 2. The molecule has 0 saturated carbocycles. The number of amides is 1. The molecule has 7 nitrogen and oxygen atoms in total. The molecule has 32 heavy (non-hydrogen) atoms. The van der Waals surface area contributed by atoms with Crippen molar-refractivity contribution in [3.63, 3.8) is 0 Å². The Balaban J connectivity index is 1.71. The van der Waals surface area contributed by atoms with E-state index in [0.29, 0.717) is 17.1 Å². The minimum atomic E-state index is -1.01. The van der Waals surface area contributed by atoms with Gasteiger partial charge < -0.3 is 19.2 Å². The highest BCUT2D eigenvalue weighted by Gasteiger charge is 2.27. The van der Waals surface area contributed by atoms with E-state index in [2.05, 4.69) is 15.5 Å². The average molecular weight is 433 g/mol. The summed E-state index contributed by atoms with van der Waals surface area (Å²) < 4.78 is 30.9. The Kier molecular flexibility index (Phi) is 6.12. The molecule has 0 aliphatic heterocycles. The summed E-state index contributed by atoms with van der Waals surface area (Å²) in [6, 6.07) is 19.0. The Morgan fingerprint density at radius 2 is 1.59 bits per heavy atom. The second kappa shape index (κ2) is 9.30. The summed E-state index contributed by atoms with van der Waals surface area (Å²) in [6.45, 7) is 0. The normalized spacial score (nSPS) is 11.6. The van der Waals surface area contributed by atoms with Crippen molar-refractivity contribution in [1.29, 1.82) is 0 Å². The van der Waals surface area contributed by atoms with Crippen molar-refractivity contribution in [3.8, 4) is 23.0 Å². The Labute approximate surface area is 183 Å². The third-order valence-corrected chi connectivity index (χ3v) is 4.81. The Hall–Kier alpha value is -4.20. The lowest BCUT2D eigenvalue weighted by Gasteiger charge is -2.17. The standard InChI is InChI=1S/C24H20FN3O4/c1-30-17-12-16(13-18(14-17)31-2)22(29)26-21(19-10-6-7-11-20(19)25)24-28-27-23(32-24)15-8-4-3-5-9-15/h3-14,21H,1-2H3,(H,26,29). The van der Waals surface area contributed by atoms with Crippen LogP contribution in [0, 0.1) is 5.82 Å². The molecule has 0 spiro atoms. The molecule has 1 N–H and O–H groups in total. The van der Waals surface area contributed by atoms with Crippen molar-refractivity contribution in [2.24, 2.45) is 0 Å². The fourth-order valence-corrected chi connectivity index (χ4v) is 3.18. The van der Waals surface area contributed by atoms with Gasteiger partial charge in [0.25, 0.3) is 5.91 Å². The predicted octanol–water partition coefficient (Wildman–Crippen LogP) is 4.41. The zero-order valence-corrected chi connectivity index (χ0v) is 17.4. The number of hydrogen-bond donors (Lipinski definition) is 1. The van der Waals surface area contributed by atoms with Crippen LogP contribution in [0.5, 0.6) is 11.5 Å². The number of carbonyl (C=O) groups is 1. The molecule has 0 bridgehead atoms. The van der Waals surface area contributed by atoms with Gasteiger partial charge in [0, 0.05) is 22.8 Å². The van der Waals surface area contributed by atoms with Gasteiger partial charge in [0.2, 0.25) is 11.8 Å². The molecule has 1 amide bonds. The van der Waals surface area contributed by atoms with E-state index >= 15 is 0 Å². The molecule has 1 heterocycles. The molecule has 0 aliphatic carbocycles. The quantitative estimate of drug-likeness (QED) is 0.465. The van der Waals surface area contributed by atoms with Gasteiger partial charge in [-0.05, 0) is 30.3 Å². The third kappa shape index (κ3) is 4.44. The molecule has 162 valence electrons. The first-order chi connectivity index (χ1) is 15.6. The first-order valence-corrected chi connectivity index (χ1v) is 9.76. The van der Waals surface area contributed by atoms with Crippen molar-refractivity contribution in [2.45, 2.75) is 6.04 Å². The largest absolute Gasteiger partial charge is 0.497 e. The fourth-order valence-electron chi connectivity index (χ4n) is 3.18. The van der Waals surface area contributed by atoms with Crippen molar-refractivity contribution in [1.82, 2.24) is 15.5 Å². The maximum Gasteiger partial charge on any atom is 0.252 e. The number of nitrogens with one attached hydrogen (secondary N) is 1. The topological polar surface area (TPSA) is 86.5 Å². The van der Waals surface area contributed by atoms with Gasteiger partial charge in [-0.2, -0.15) is 0 Å².